The van der Waals surface area contributed by atoms with Crippen molar-refractivity contribution in [1.82, 2.24) is 0 Å². The zero-order valence-corrected chi connectivity index (χ0v) is 13.2. The predicted molar refractivity (Wildman–Crippen MR) is 78.3 cm³/mol. The topological polar surface area (TPSA) is 38.3 Å². The first-order valence-electron chi connectivity index (χ1n) is 6.10. The van der Waals surface area contributed by atoms with Crippen LogP contribution in [0.25, 0.3) is 0 Å². The van der Waals surface area contributed by atoms with E-state index < -0.39 is 11.7 Å². The molecule has 1 aromatic rings. The highest BCUT2D eigenvalue weighted by atomic mass is 79.9. The van der Waals surface area contributed by atoms with Crippen LogP contribution in [0.15, 0.2) is 18.2 Å². The molecule has 0 saturated carbocycles. The van der Waals surface area contributed by atoms with Crippen LogP contribution in [0, 0.1) is 5.82 Å². The van der Waals surface area contributed by atoms with E-state index >= 15 is 0 Å². The van der Waals surface area contributed by atoms with Gasteiger partial charge in [-0.2, -0.15) is 0 Å². The van der Waals surface area contributed by atoms with Gasteiger partial charge in [-0.1, -0.05) is 22.9 Å². The Labute approximate surface area is 121 Å². The third-order valence-electron chi connectivity index (χ3n) is 2.20. The predicted octanol–water partition coefficient (Wildman–Crippen LogP) is 4.50. The summed E-state index contributed by atoms with van der Waals surface area (Å²) in [6.07, 6.45) is 0.0747. The molecule has 106 valence electrons. The van der Waals surface area contributed by atoms with Gasteiger partial charge < -0.3 is 4.74 Å². The minimum Gasteiger partial charge on any atom is -0.444 e. The van der Waals surface area contributed by atoms with Gasteiger partial charge in [-0.15, -0.1) is 0 Å². The lowest BCUT2D eigenvalue weighted by molar-refractivity contribution is 0.0635. The first-order valence-corrected chi connectivity index (χ1v) is 7.01. The van der Waals surface area contributed by atoms with Crippen LogP contribution < -0.4 is 5.32 Å². The number of benzene rings is 1. The number of anilines is 1. The molecule has 0 aliphatic heterocycles. The summed E-state index contributed by atoms with van der Waals surface area (Å²) in [5.41, 5.74) is 0.740. The molecule has 0 aromatic heterocycles. The molecule has 0 radical (unpaired) electrons. The van der Waals surface area contributed by atoms with Gasteiger partial charge in [0.1, 0.15) is 11.4 Å². The first kappa shape index (κ1) is 16.0. The van der Waals surface area contributed by atoms with Crippen molar-refractivity contribution >= 4 is 27.7 Å². The molecule has 0 spiro atoms. The van der Waals surface area contributed by atoms with Crippen molar-refractivity contribution < 1.29 is 13.9 Å². The molecule has 1 N–H and O–H groups in total. The highest BCUT2D eigenvalue weighted by molar-refractivity contribution is 9.09. The van der Waals surface area contributed by atoms with Gasteiger partial charge >= 0.3 is 6.09 Å². The summed E-state index contributed by atoms with van der Waals surface area (Å²) in [6.45, 7) is 7.33. The third kappa shape index (κ3) is 6.05. The summed E-state index contributed by atoms with van der Waals surface area (Å²) in [5.74, 6) is -0.321. The standard InChI is InChI=1S/C14H19BrFNO2/c1-9(15)7-10-8-11(16)5-6-12(10)17-13(18)19-14(2,3)4/h5-6,8-9H,7H2,1-4H3,(H,17,18). The Bertz CT molecular complexity index is 455. The average molecular weight is 332 g/mol. The molecule has 19 heavy (non-hydrogen) atoms. The summed E-state index contributed by atoms with van der Waals surface area (Å²) in [6, 6.07) is 4.28. The van der Waals surface area contributed by atoms with Crippen LogP contribution in [0.4, 0.5) is 14.9 Å². The highest BCUT2D eigenvalue weighted by Crippen LogP contribution is 2.21. The molecular formula is C14H19BrFNO2. The summed E-state index contributed by atoms with van der Waals surface area (Å²) < 4.78 is 18.4. The van der Waals surface area contributed by atoms with E-state index in [1.54, 1.807) is 26.8 Å². The second-order valence-electron chi connectivity index (χ2n) is 5.41. The quantitative estimate of drug-likeness (QED) is 0.828. The molecule has 1 amide bonds. The van der Waals surface area contributed by atoms with E-state index in [2.05, 4.69) is 21.2 Å². The van der Waals surface area contributed by atoms with E-state index in [0.717, 1.165) is 5.56 Å². The summed E-state index contributed by atoms with van der Waals surface area (Å²) in [5, 5.41) is 2.65. The molecule has 1 aromatic carbocycles. The van der Waals surface area contributed by atoms with Gasteiger partial charge in [0.25, 0.3) is 0 Å². The number of hydrogen-bond acceptors (Lipinski definition) is 2. The number of carbonyl (C=O) groups is 1. The van der Waals surface area contributed by atoms with Gasteiger partial charge in [-0.3, -0.25) is 5.32 Å². The largest absolute Gasteiger partial charge is 0.444 e. The fourth-order valence-corrected chi connectivity index (χ4v) is 1.92. The molecule has 0 fully saturated rings. The van der Waals surface area contributed by atoms with E-state index in [1.807, 2.05) is 6.92 Å². The number of hydrogen-bond donors (Lipinski definition) is 1. The van der Waals surface area contributed by atoms with Gasteiger partial charge in [0.05, 0.1) is 0 Å². The second-order valence-corrected chi connectivity index (χ2v) is 6.98. The molecule has 1 rings (SSSR count). The molecule has 1 unspecified atom stereocenters. The fraction of sp³-hybridized carbons (Fsp3) is 0.500. The minimum absolute atomic E-state index is 0.188. The molecule has 5 heteroatoms. The Morgan fingerprint density at radius 2 is 2.11 bits per heavy atom. The molecule has 0 aliphatic carbocycles. The molecular weight excluding hydrogens is 313 g/mol. The lowest BCUT2D eigenvalue weighted by Gasteiger charge is -2.20. The van der Waals surface area contributed by atoms with Gasteiger partial charge in [0.2, 0.25) is 0 Å². The number of carbonyl (C=O) groups excluding carboxylic acids is 1. The Kier molecular flexibility index (Phi) is 5.35. The monoisotopic (exact) mass is 331 g/mol. The molecule has 0 bridgehead atoms. The smallest absolute Gasteiger partial charge is 0.412 e. The van der Waals surface area contributed by atoms with Crippen molar-refractivity contribution in [3.8, 4) is 0 Å². The maximum atomic E-state index is 13.2. The van der Waals surface area contributed by atoms with Crippen LogP contribution in [0.2, 0.25) is 0 Å². The zero-order valence-electron chi connectivity index (χ0n) is 11.6. The summed E-state index contributed by atoms with van der Waals surface area (Å²) in [4.78, 5) is 11.9. The number of alkyl halides is 1. The zero-order chi connectivity index (χ0) is 14.6. The summed E-state index contributed by atoms with van der Waals surface area (Å²) >= 11 is 3.42. The van der Waals surface area contributed by atoms with Crippen molar-refractivity contribution in [3.63, 3.8) is 0 Å². The number of rotatable bonds is 3. The Balaban J connectivity index is 2.85. The van der Waals surface area contributed by atoms with Crippen molar-refractivity contribution in [2.24, 2.45) is 0 Å². The van der Waals surface area contributed by atoms with Gasteiger partial charge in [-0.05, 0) is 51.0 Å². The Morgan fingerprint density at radius 3 is 2.63 bits per heavy atom. The van der Waals surface area contributed by atoms with Crippen molar-refractivity contribution in [2.45, 2.75) is 44.5 Å². The Hall–Kier alpha value is -1.10. The van der Waals surface area contributed by atoms with Gasteiger partial charge in [-0.25, -0.2) is 9.18 Å². The van der Waals surface area contributed by atoms with E-state index in [0.29, 0.717) is 12.1 Å². The van der Waals surface area contributed by atoms with Crippen LogP contribution in [-0.4, -0.2) is 16.5 Å². The fourth-order valence-electron chi connectivity index (χ4n) is 1.57. The SMILES string of the molecule is CC(Br)Cc1cc(F)ccc1NC(=O)OC(C)(C)C. The van der Waals surface area contributed by atoms with Crippen LogP contribution in [0.1, 0.15) is 33.3 Å². The lowest BCUT2D eigenvalue weighted by atomic mass is 10.1. The molecule has 0 aliphatic rings. The number of halogens is 2. The van der Waals surface area contributed by atoms with Crippen LogP contribution in [-0.2, 0) is 11.2 Å². The van der Waals surface area contributed by atoms with Crippen LogP contribution in [0.3, 0.4) is 0 Å². The van der Waals surface area contributed by atoms with E-state index in [4.69, 9.17) is 4.74 Å². The van der Waals surface area contributed by atoms with E-state index in [9.17, 15) is 9.18 Å². The maximum Gasteiger partial charge on any atom is 0.412 e. The van der Waals surface area contributed by atoms with Gasteiger partial charge in [0, 0.05) is 10.5 Å². The molecule has 3 nitrogen and oxygen atoms in total. The minimum atomic E-state index is -0.563. The maximum absolute atomic E-state index is 13.2. The molecule has 0 heterocycles. The summed E-state index contributed by atoms with van der Waals surface area (Å²) in [7, 11) is 0. The average Bonchev–Trinajstić information content (AvgIpc) is 2.18. The van der Waals surface area contributed by atoms with Crippen LogP contribution >= 0.6 is 15.9 Å². The van der Waals surface area contributed by atoms with Crippen molar-refractivity contribution in [2.75, 3.05) is 5.32 Å². The normalized spacial score (nSPS) is 12.9. The van der Waals surface area contributed by atoms with E-state index in [-0.39, 0.29) is 10.6 Å². The number of amides is 1. The van der Waals surface area contributed by atoms with E-state index in [1.165, 1.54) is 12.1 Å². The third-order valence-corrected chi connectivity index (χ3v) is 2.53. The second kappa shape index (κ2) is 6.37. The highest BCUT2D eigenvalue weighted by Gasteiger charge is 2.17. The lowest BCUT2D eigenvalue weighted by Crippen LogP contribution is -2.27. The van der Waals surface area contributed by atoms with Crippen LogP contribution in [0.5, 0.6) is 0 Å². The van der Waals surface area contributed by atoms with Crippen molar-refractivity contribution in [1.29, 1.82) is 0 Å². The van der Waals surface area contributed by atoms with Gasteiger partial charge in [0.15, 0.2) is 0 Å². The molecule has 0 saturated heterocycles. The van der Waals surface area contributed by atoms with Crippen molar-refractivity contribution in [3.05, 3.63) is 29.6 Å². The number of ether oxygens (including phenoxy) is 1. The molecule has 1 atom stereocenters. The first-order chi connectivity index (χ1) is 8.67. The number of nitrogens with one attached hydrogen (secondary N) is 1. The Morgan fingerprint density at radius 1 is 1.47 bits per heavy atom.